The number of pyridine rings is 1. The van der Waals surface area contributed by atoms with Gasteiger partial charge in [0.25, 0.3) is 0 Å². The highest BCUT2D eigenvalue weighted by Gasteiger charge is 2.31. The van der Waals surface area contributed by atoms with Gasteiger partial charge in [-0.05, 0) is 136 Å². The molecule has 0 spiro atoms. The zero-order valence-electron chi connectivity index (χ0n) is 46.1. The molecule has 0 saturated carbocycles. The Morgan fingerprint density at radius 3 is 1.69 bits per heavy atom. The van der Waals surface area contributed by atoms with Crippen molar-refractivity contribution in [1.82, 2.24) is 14.1 Å². The molecule has 0 radical (unpaired) electrons. The first-order valence-corrected chi connectivity index (χ1v) is 25.9. The standard InChI is InChI=1S/C69H59N5O/c1-45-35-67(70-43-60(45)48-21-17-23-52(36-48)73-61-28-14-11-25-56(61)57-26-12-15-29-62(57)73)74-63-30-16-13-27-58(63)59-33-32-55(42-65(59)74)75-54-24-18-22-51(41-54)71-44-72(53-39-49(68(2,3)4)38-50(40-53)69(5,6)7)66-37-47(31-34-64(66)71)46-19-9-8-10-20-46/h8-43H,44H2,1-7H3/i1D3. The third-order valence-electron chi connectivity index (χ3n) is 15.0. The summed E-state index contributed by atoms with van der Waals surface area (Å²) in [5.41, 5.74) is 15.7. The van der Waals surface area contributed by atoms with Crippen LogP contribution in [0.4, 0.5) is 22.7 Å². The first-order chi connectivity index (χ1) is 37.5. The molecule has 75 heavy (non-hydrogen) atoms. The predicted octanol–water partition coefficient (Wildman–Crippen LogP) is 18.6. The van der Waals surface area contributed by atoms with Gasteiger partial charge in [0.05, 0.1) is 33.4 Å². The van der Waals surface area contributed by atoms with Crippen LogP contribution in [0.15, 0.2) is 219 Å². The normalized spacial score (nSPS) is 13.7. The smallest absolute Gasteiger partial charge is 0.137 e. The average Bonchev–Trinajstić information content (AvgIpc) is 4.10. The fourth-order valence-corrected chi connectivity index (χ4v) is 11.1. The van der Waals surface area contributed by atoms with Crippen molar-refractivity contribution in [2.24, 2.45) is 0 Å². The number of anilines is 4. The van der Waals surface area contributed by atoms with Gasteiger partial charge in [0, 0.05) is 66.6 Å². The van der Waals surface area contributed by atoms with Gasteiger partial charge in [-0.2, -0.15) is 0 Å². The quantitative estimate of drug-likeness (QED) is 0.152. The van der Waals surface area contributed by atoms with Crippen molar-refractivity contribution in [1.29, 1.82) is 0 Å². The highest BCUT2D eigenvalue weighted by Crippen LogP contribution is 2.48. The monoisotopic (exact) mass is 976 g/mol. The number of hydrogen-bond acceptors (Lipinski definition) is 4. The minimum Gasteiger partial charge on any atom is -0.457 e. The van der Waals surface area contributed by atoms with Crippen molar-refractivity contribution in [2.45, 2.75) is 59.2 Å². The van der Waals surface area contributed by atoms with E-state index in [-0.39, 0.29) is 16.4 Å². The summed E-state index contributed by atoms with van der Waals surface area (Å²) in [5, 5.41) is 4.34. The Hall–Kier alpha value is -8.87. The van der Waals surface area contributed by atoms with Crippen molar-refractivity contribution < 1.29 is 8.85 Å². The van der Waals surface area contributed by atoms with E-state index in [9.17, 15) is 0 Å². The Balaban J connectivity index is 0.870. The lowest BCUT2D eigenvalue weighted by Gasteiger charge is -2.29. The Morgan fingerprint density at radius 1 is 0.427 bits per heavy atom. The molecular formula is C69H59N5O. The molecule has 6 heteroatoms. The van der Waals surface area contributed by atoms with E-state index in [1.165, 1.54) is 16.7 Å². The molecule has 0 atom stereocenters. The Morgan fingerprint density at radius 2 is 1.01 bits per heavy atom. The lowest BCUT2D eigenvalue weighted by Crippen LogP contribution is -2.25. The van der Waals surface area contributed by atoms with E-state index in [0.29, 0.717) is 29.5 Å². The third-order valence-corrected chi connectivity index (χ3v) is 15.0. The van der Waals surface area contributed by atoms with Crippen LogP contribution in [-0.4, -0.2) is 20.8 Å². The molecule has 0 aliphatic carbocycles. The molecule has 366 valence electrons. The van der Waals surface area contributed by atoms with E-state index < -0.39 is 6.85 Å². The van der Waals surface area contributed by atoms with Gasteiger partial charge in [0.1, 0.15) is 24.0 Å². The fraction of sp³-hybridized carbons (Fsp3) is 0.145. The highest BCUT2D eigenvalue weighted by atomic mass is 16.5. The Labute approximate surface area is 443 Å². The van der Waals surface area contributed by atoms with Crippen molar-refractivity contribution in [3.05, 3.63) is 235 Å². The molecule has 1 aliphatic heterocycles. The van der Waals surface area contributed by atoms with Crippen molar-refractivity contribution >= 4 is 66.4 Å². The van der Waals surface area contributed by atoms with Crippen LogP contribution in [-0.2, 0) is 10.8 Å². The van der Waals surface area contributed by atoms with E-state index in [1.807, 2.05) is 42.5 Å². The molecule has 4 heterocycles. The summed E-state index contributed by atoms with van der Waals surface area (Å²) in [4.78, 5) is 9.92. The highest BCUT2D eigenvalue weighted by molar-refractivity contribution is 6.10. The molecular weight excluding hydrogens is 915 g/mol. The summed E-state index contributed by atoms with van der Waals surface area (Å²) in [7, 11) is 0. The molecule has 0 amide bonds. The van der Waals surface area contributed by atoms with E-state index in [4.69, 9.17) is 13.8 Å². The number of benzene rings is 9. The number of rotatable bonds is 8. The van der Waals surface area contributed by atoms with Crippen LogP contribution >= 0.6 is 0 Å². The number of hydrogen-bond donors (Lipinski definition) is 0. The van der Waals surface area contributed by atoms with Gasteiger partial charge in [-0.3, -0.25) is 4.57 Å². The lowest BCUT2D eigenvalue weighted by atomic mass is 9.80. The second-order valence-corrected chi connectivity index (χ2v) is 22.0. The van der Waals surface area contributed by atoms with Gasteiger partial charge in [0.2, 0.25) is 0 Å². The van der Waals surface area contributed by atoms with Gasteiger partial charge in [0.15, 0.2) is 0 Å². The van der Waals surface area contributed by atoms with Gasteiger partial charge < -0.3 is 19.1 Å². The van der Waals surface area contributed by atoms with Crippen LogP contribution in [0.5, 0.6) is 11.5 Å². The largest absolute Gasteiger partial charge is 0.457 e. The number of aryl methyl sites for hydroxylation is 1. The van der Waals surface area contributed by atoms with Crippen LogP contribution < -0.4 is 14.5 Å². The van der Waals surface area contributed by atoms with Gasteiger partial charge in [-0.1, -0.05) is 157 Å². The summed E-state index contributed by atoms with van der Waals surface area (Å²) >= 11 is 0. The molecule has 0 saturated heterocycles. The molecule has 1 aliphatic rings. The number of fused-ring (bicyclic) bond motifs is 7. The summed E-state index contributed by atoms with van der Waals surface area (Å²) < 4.78 is 37.9. The summed E-state index contributed by atoms with van der Waals surface area (Å²) in [5.74, 6) is 1.84. The van der Waals surface area contributed by atoms with Crippen LogP contribution in [0.3, 0.4) is 0 Å². The maximum atomic E-state index is 8.92. The minimum absolute atomic E-state index is 0.0428. The summed E-state index contributed by atoms with van der Waals surface area (Å²) in [6.45, 7) is 11.9. The lowest BCUT2D eigenvalue weighted by molar-refractivity contribution is 0.483. The zero-order valence-corrected chi connectivity index (χ0v) is 43.1. The number of aromatic nitrogens is 3. The van der Waals surface area contributed by atoms with Crippen LogP contribution in [0.2, 0.25) is 0 Å². The second kappa shape index (κ2) is 17.7. The van der Waals surface area contributed by atoms with Gasteiger partial charge in [-0.15, -0.1) is 0 Å². The summed E-state index contributed by atoms with van der Waals surface area (Å²) in [6, 6.07) is 73.8. The Kier molecular flexibility index (Phi) is 10.0. The molecule has 0 N–H and O–H groups in total. The second-order valence-electron chi connectivity index (χ2n) is 22.0. The maximum absolute atomic E-state index is 8.92. The summed E-state index contributed by atoms with van der Waals surface area (Å²) in [6.07, 6.45) is 1.72. The molecule has 0 unspecified atom stereocenters. The molecule has 9 aromatic carbocycles. The molecule has 0 fully saturated rings. The van der Waals surface area contributed by atoms with Crippen molar-refractivity contribution in [3.63, 3.8) is 0 Å². The predicted molar refractivity (Wildman–Crippen MR) is 314 cm³/mol. The van der Waals surface area contributed by atoms with Crippen LogP contribution in [0, 0.1) is 6.85 Å². The Bertz CT molecular complexity index is 4220. The van der Waals surface area contributed by atoms with E-state index in [2.05, 4.69) is 224 Å². The topological polar surface area (TPSA) is 38.5 Å². The van der Waals surface area contributed by atoms with Crippen molar-refractivity contribution in [3.8, 4) is 45.3 Å². The van der Waals surface area contributed by atoms with Crippen LogP contribution in [0.1, 0.15) is 62.3 Å². The minimum atomic E-state index is -2.45. The van der Waals surface area contributed by atoms with Crippen molar-refractivity contribution in [2.75, 3.05) is 16.5 Å². The zero-order chi connectivity index (χ0) is 53.7. The molecule has 0 bridgehead atoms. The van der Waals surface area contributed by atoms with E-state index >= 15 is 0 Å². The van der Waals surface area contributed by atoms with Crippen LogP contribution in [0.25, 0.3) is 77.4 Å². The first kappa shape index (κ1) is 42.6. The fourth-order valence-electron chi connectivity index (χ4n) is 11.1. The van der Waals surface area contributed by atoms with E-state index in [0.717, 1.165) is 83.2 Å². The molecule has 12 aromatic rings. The maximum Gasteiger partial charge on any atom is 0.137 e. The van der Waals surface area contributed by atoms with E-state index in [1.54, 1.807) is 12.3 Å². The third kappa shape index (κ3) is 8.09. The van der Waals surface area contributed by atoms with Gasteiger partial charge in [-0.25, -0.2) is 4.98 Å². The molecule has 3 aromatic heterocycles. The number of para-hydroxylation sites is 3. The van der Waals surface area contributed by atoms with Gasteiger partial charge >= 0.3 is 0 Å². The molecule has 6 nitrogen and oxygen atoms in total. The number of nitrogens with zero attached hydrogens (tertiary/aromatic N) is 5. The SMILES string of the molecule is [2H]C([2H])([2H])c1cc(-n2c3ccccc3c3ccc(Oc4cccc(N5CN(c6cc(C(C)(C)C)cc(C(C)(C)C)c6)c6cc(-c7ccccc7)ccc65)c4)cc32)ncc1-c1cccc(-n2c3ccccc3c3ccccc32)c1. The first-order valence-electron chi connectivity index (χ1n) is 27.4. The molecule has 13 rings (SSSR count). The average molecular weight is 977 g/mol. The number of ether oxygens (including phenoxy) is 1.